The molecule has 29 heavy (non-hydrogen) atoms. The number of rotatable bonds is 5. The van der Waals surface area contributed by atoms with Crippen molar-refractivity contribution in [2.75, 3.05) is 13.2 Å². The van der Waals surface area contributed by atoms with Gasteiger partial charge in [0.05, 0.1) is 24.4 Å². The summed E-state index contributed by atoms with van der Waals surface area (Å²) in [6, 6.07) is 12.0. The number of aryl methyl sites for hydroxylation is 2. The highest BCUT2D eigenvalue weighted by atomic mass is 32.1. The Morgan fingerprint density at radius 3 is 2.62 bits per heavy atom. The third-order valence-electron chi connectivity index (χ3n) is 5.46. The van der Waals surface area contributed by atoms with Crippen LogP contribution in [0.3, 0.4) is 0 Å². The maximum Gasteiger partial charge on any atom is 0.170 e. The molecule has 0 unspecified atom stereocenters. The van der Waals surface area contributed by atoms with Crippen molar-refractivity contribution in [3.63, 3.8) is 0 Å². The minimum absolute atomic E-state index is 0.0332. The number of hydrogen-bond donors (Lipinski definition) is 2. The van der Waals surface area contributed by atoms with E-state index in [-0.39, 0.29) is 18.7 Å². The molecule has 0 aliphatic carbocycles. The monoisotopic (exact) mass is 407 g/mol. The summed E-state index contributed by atoms with van der Waals surface area (Å²) in [5.74, 6) is 0.905. The SMILES string of the molecule is Cc1ccnc(-n2c(C)cc([C@@H]3[C@@H](c4ccccn4)NC(=S)N3CCO)c2C)c1. The molecule has 1 aliphatic heterocycles. The molecule has 0 amide bonds. The number of nitrogens with zero attached hydrogens (tertiary/aromatic N) is 4. The lowest BCUT2D eigenvalue weighted by molar-refractivity contribution is 0.223. The van der Waals surface area contributed by atoms with Gasteiger partial charge in [-0.15, -0.1) is 0 Å². The first kappa shape index (κ1) is 19.5. The van der Waals surface area contributed by atoms with Gasteiger partial charge < -0.3 is 19.9 Å². The molecule has 2 atom stereocenters. The molecule has 2 N–H and O–H groups in total. The number of pyridine rings is 2. The minimum atomic E-state index is -0.0883. The smallest absolute Gasteiger partial charge is 0.170 e. The van der Waals surface area contributed by atoms with Crippen molar-refractivity contribution in [2.24, 2.45) is 0 Å². The molecule has 3 aromatic rings. The summed E-state index contributed by atoms with van der Waals surface area (Å²) in [5, 5.41) is 13.7. The summed E-state index contributed by atoms with van der Waals surface area (Å²) in [6.07, 6.45) is 3.63. The highest BCUT2D eigenvalue weighted by Gasteiger charge is 2.41. The first-order chi connectivity index (χ1) is 14.0. The second kappa shape index (κ2) is 7.93. The Hall–Kier alpha value is -2.77. The zero-order valence-corrected chi connectivity index (χ0v) is 17.6. The van der Waals surface area contributed by atoms with Crippen LogP contribution in [-0.4, -0.2) is 42.8 Å². The van der Waals surface area contributed by atoms with E-state index in [1.807, 2.05) is 30.5 Å². The van der Waals surface area contributed by atoms with Gasteiger partial charge in [0.15, 0.2) is 5.11 Å². The summed E-state index contributed by atoms with van der Waals surface area (Å²) in [7, 11) is 0. The highest BCUT2D eigenvalue weighted by Crippen LogP contribution is 2.41. The normalized spacial score (nSPS) is 18.9. The summed E-state index contributed by atoms with van der Waals surface area (Å²) in [4.78, 5) is 11.2. The molecule has 0 radical (unpaired) electrons. The maximum atomic E-state index is 9.64. The zero-order chi connectivity index (χ0) is 20.5. The van der Waals surface area contributed by atoms with Gasteiger partial charge in [0, 0.05) is 30.3 Å². The fourth-order valence-electron chi connectivity index (χ4n) is 4.17. The largest absolute Gasteiger partial charge is 0.395 e. The van der Waals surface area contributed by atoms with Crippen LogP contribution >= 0.6 is 12.2 Å². The van der Waals surface area contributed by atoms with Crippen LogP contribution in [0.5, 0.6) is 0 Å². The fraction of sp³-hybridized carbons (Fsp3) is 0.318. The van der Waals surface area contributed by atoms with Crippen molar-refractivity contribution >= 4 is 17.3 Å². The van der Waals surface area contributed by atoms with Crippen molar-refractivity contribution in [1.29, 1.82) is 0 Å². The number of aliphatic hydroxyl groups excluding tert-OH is 1. The minimum Gasteiger partial charge on any atom is -0.395 e. The molecule has 0 saturated carbocycles. The maximum absolute atomic E-state index is 9.64. The second-order valence-electron chi connectivity index (χ2n) is 7.40. The molecule has 6 nitrogen and oxygen atoms in total. The Balaban J connectivity index is 1.84. The van der Waals surface area contributed by atoms with Crippen molar-refractivity contribution < 1.29 is 5.11 Å². The number of β-amino-alcohol motifs (C(OH)–C–C–N with tert-alkyl or cyclic N) is 1. The number of hydrogen-bond acceptors (Lipinski definition) is 4. The van der Waals surface area contributed by atoms with E-state index in [4.69, 9.17) is 12.2 Å². The van der Waals surface area contributed by atoms with E-state index in [0.29, 0.717) is 11.7 Å². The van der Waals surface area contributed by atoms with Gasteiger partial charge in [0.2, 0.25) is 0 Å². The molecule has 3 aromatic heterocycles. The van der Waals surface area contributed by atoms with Gasteiger partial charge in [-0.2, -0.15) is 0 Å². The van der Waals surface area contributed by atoms with E-state index in [1.54, 1.807) is 6.20 Å². The lowest BCUT2D eigenvalue weighted by Crippen LogP contribution is -2.32. The van der Waals surface area contributed by atoms with Crippen LogP contribution in [0.4, 0.5) is 0 Å². The Bertz CT molecular complexity index is 1030. The Kier molecular flexibility index (Phi) is 5.34. The summed E-state index contributed by atoms with van der Waals surface area (Å²) >= 11 is 5.61. The van der Waals surface area contributed by atoms with Gasteiger partial charge in [-0.05, 0) is 74.4 Å². The molecule has 0 bridgehead atoms. The van der Waals surface area contributed by atoms with Crippen molar-refractivity contribution in [1.82, 2.24) is 24.8 Å². The Labute approximate surface area is 176 Å². The molecule has 4 heterocycles. The topological polar surface area (TPSA) is 66.2 Å². The third kappa shape index (κ3) is 3.52. The van der Waals surface area contributed by atoms with E-state index in [2.05, 4.69) is 57.7 Å². The van der Waals surface area contributed by atoms with E-state index < -0.39 is 0 Å². The third-order valence-corrected chi connectivity index (χ3v) is 5.81. The molecule has 0 aromatic carbocycles. The molecule has 4 rings (SSSR count). The van der Waals surface area contributed by atoms with Gasteiger partial charge in [-0.1, -0.05) is 6.07 Å². The molecular formula is C22H25N5OS. The Morgan fingerprint density at radius 1 is 1.10 bits per heavy atom. The zero-order valence-electron chi connectivity index (χ0n) is 16.8. The van der Waals surface area contributed by atoms with Gasteiger partial charge in [0.25, 0.3) is 0 Å². The fourth-order valence-corrected chi connectivity index (χ4v) is 4.51. The summed E-state index contributed by atoms with van der Waals surface area (Å²) < 4.78 is 2.18. The van der Waals surface area contributed by atoms with Crippen LogP contribution in [0, 0.1) is 20.8 Å². The molecule has 1 saturated heterocycles. The van der Waals surface area contributed by atoms with Gasteiger partial charge in [-0.3, -0.25) is 4.98 Å². The van der Waals surface area contributed by atoms with Crippen LogP contribution in [0.15, 0.2) is 48.8 Å². The summed E-state index contributed by atoms with van der Waals surface area (Å²) in [6.45, 7) is 6.77. The number of aliphatic hydroxyl groups is 1. The lowest BCUT2D eigenvalue weighted by atomic mass is 9.97. The molecule has 0 spiro atoms. The second-order valence-corrected chi connectivity index (χ2v) is 7.78. The predicted octanol–water partition coefficient (Wildman–Crippen LogP) is 3.16. The molecule has 150 valence electrons. The lowest BCUT2D eigenvalue weighted by Gasteiger charge is -2.27. The van der Waals surface area contributed by atoms with E-state index in [1.165, 1.54) is 5.56 Å². The first-order valence-electron chi connectivity index (χ1n) is 9.72. The van der Waals surface area contributed by atoms with Crippen molar-refractivity contribution in [2.45, 2.75) is 32.9 Å². The Morgan fingerprint density at radius 2 is 1.93 bits per heavy atom. The first-order valence-corrected chi connectivity index (χ1v) is 10.1. The standard InChI is InChI=1S/C22H25N5OS/c1-14-7-9-24-19(12-14)27-15(2)13-17(16(27)3)21-20(18-6-4-5-8-23-18)25-22(29)26(21)10-11-28/h4-9,12-13,20-21,28H,10-11H2,1-3H3,(H,25,29)/t20-,21-/m1/s1. The molecule has 7 heteroatoms. The van der Waals surface area contributed by atoms with Crippen molar-refractivity contribution in [3.05, 3.63) is 77.0 Å². The van der Waals surface area contributed by atoms with Crippen LogP contribution in [0.1, 0.15) is 40.3 Å². The van der Waals surface area contributed by atoms with Gasteiger partial charge in [0.1, 0.15) is 5.82 Å². The molecule has 1 fully saturated rings. The van der Waals surface area contributed by atoms with Crippen molar-refractivity contribution in [3.8, 4) is 5.82 Å². The van der Waals surface area contributed by atoms with E-state index in [0.717, 1.165) is 28.5 Å². The van der Waals surface area contributed by atoms with Gasteiger partial charge >= 0.3 is 0 Å². The van der Waals surface area contributed by atoms with Crippen LogP contribution in [0.2, 0.25) is 0 Å². The van der Waals surface area contributed by atoms with Crippen LogP contribution < -0.4 is 5.32 Å². The van der Waals surface area contributed by atoms with E-state index in [9.17, 15) is 5.11 Å². The van der Waals surface area contributed by atoms with Gasteiger partial charge in [-0.25, -0.2) is 4.98 Å². The van der Waals surface area contributed by atoms with E-state index >= 15 is 0 Å². The highest BCUT2D eigenvalue weighted by molar-refractivity contribution is 7.80. The average Bonchev–Trinajstić information content (AvgIpc) is 3.18. The molecule has 1 aliphatic rings. The quantitative estimate of drug-likeness (QED) is 0.634. The average molecular weight is 408 g/mol. The number of thiocarbonyl (C=S) groups is 1. The molecular weight excluding hydrogens is 382 g/mol. The summed E-state index contributed by atoms with van der Waals surface area (Å²) in [5.41, 5.74) is 5.47. The number of aromatic nitrogens is 3. The number of nitrogens with one attached hydrogen (secondary N) is 1. The predicted molar refractivity (Wildman–Crippen MR) is 117 cm³/mol. The van der Waals surface area contributed by atoms with Crippen LogP contribution in [-0.2, 0) is 0 Å². The van der Waals surface area contributed by atoms with Crippen LogP contribution in [0.25, 0.3) is 5.82 Å².